The molecule has 1 amide bonds. The monoisotopic (exact) mass is 269 g/mol. The van der Waals surface area contributed by atoms with Crippen LogP contribution in [-0.4, -0.2) is 26.4 Å². The van der Waals surface area contributed by atoms with Gasteiger partial charge in [-0.1, -0.05) is 6.92 Å². The van der Waals surface area contributed by atoms with Crippen molar-refractivity contribution in [3.8, 4) is 0 Å². The van der Waals surface area contributed by atoms with E-state index >= 15 is 0 Å². The van der Waals surface area contributed by atoms with Crippen LogP contribution in [0.5, 0.6) is 0 Å². The fourth-order valence-corrected chi connectivity index (χ4v) is 2.45. The number of rotatable bonds is 5. The van der Waals surface area contributed by atoms with E-state index in [1.807, 2.05) is 13.8 Å². The van der Waals surface area contributed by atoms with E-state index in [4.69, 9.17) is 5.73 Å². The molecule has 1 aromatic heterocycles. The molecular weight excluding hydrogens is 250 g/mol. The Bertz CT molecular complexity index is 451. The molecule has 5 nitrogen and oxygen atoms in total. The third-order valence-electron chi connectivity index (χ3n) is 2.72. The summed E-state index contributed by atoms with van der Waals surface area (Å²) in [5, 5.41) is 2.18. The fraction of sp³-hybridized carbons (Fsp3) is 0.500. The summed E-state index contributed by atoms with van der Waals surface area (Å²) in [5.74, 6) is -0.223. The molecule has 1 aromatic rings. The van der Waals surface area contributed by atoms with E-state index in [0.717, 1.165) is 6.42 Å². The summed E-state index contributed by atoms with van der Waals surface area (Å²) < 4.78 is 12.2. The van der Waals surface area contributed by atoms with Gasteiger partial charge in [-0.05, 0) is 26.3 Å². The highest BCUT2D eigenvalue weighted by Crippen LogP contribution is 2.17. The molecule has 3 atom stereocenters. The Balaban J connectivity index is 2.79. The Morgan fingerprint density at radius 1 is 1.56 bits per heavy atom. The quantitative estimate of drug-likeness (QED) is 0.837. The zero-order valence-electron chi connectivity index (χ0n) is 10.8. The third-order valence-corrected chi connectivity index (χ3v) is 4.38. The predicted octanol–water partition coefficient (Wildman–Crippen LogP) is 1.07. The molecule has 0 saturated heterocycles. The maximum atomic E-state index is 12.2. The molecule has 0 aliphatic rings. The van der Waals surface area contributed by atoms with Crippen LogP contribution in [0, 0.1) is 0 Å². The number of nitrogen functional groups attached to an aromatic ring is 1. The maximum Gasteiger partial charge on any atom is 0.236 e. The van der Waals surface area contributed by atoms with Gasteiger partial charge in [0.25, 0.3) is 0 Å². The summed E-state index contributed by atoms with van der Waals surface area (Å²) in [4.78, 5) is 16.2. The molecular formula is C12H19N3O2S. The summed E-state index contributed by atoms with van der Waals surface area (Å²) in [6, 6.07) is 1.66. The number of anilines is 1. The predicted molar refractivity (Wildman–Crippen MR) is 72.4 cm³/mol. The van der Waals surface area contributed by atoms with E-state index in [-0.39, 0.29) is 11.9 Å². The minimum absolute atomic E-state index is 0.0757. The third kappa shape index (κ3) is 3.53. The Morgan fingerprint density at radius 3 is 2.78 bits per heavy atom. The molecule has 100 valence electrons. The van der Waals surface area contributed by atoms with Gasteiger partial charge in [0, 0.05) is 12.2 Å². The molecule has 0 aliphatic heterocycles. The SMILES string of the molecule is CCC(C)NC(=O)C(C)S(=O)c1ccncc1N. The summed E-state index contributed by atoms with van der Waals surface area (Å²) in [6.07, 6.45) is 3.79. The standard InChI is InChI=1S/C12H19N3O2S/c1-4-8(2)15-12(16)9(3)18(17)11-5-6-14-7-10(11)13/h5-9H,4,13H2,1-3H3,(H,15,16). The summed E-state index contributed by atoms with van der Waals surface area (Å²) >= 11 is 0. The minimum atomic E-state index is -1.47. The Kier molecular flexibility index (Phi) is 5.27. The zero-order valence-corrected chi connectivity index (χ0v) is 11.7. The normalized spacial score (nSPS) is 15.7. The van der Waals surface area contributed by atoms with E-state index in [1.54, 1.807) is 13.0 Å². The Hall–Kier alpha value is -1.43. The van der Waals surface area contributed by atoms with Gasteiger partial charge in [0.1, 0.15) is 5.25 Å². The molecule has 3 unspecified atom stereocenters. The lowest BCUT2D eigenvalue weighted by Gasteiger charge is -2.16. The lowest BCUT2D eigenvalue weighted by atomic mass is 10.2. The molecule has 0 fully saturated rings. The van der Waals surface area contributed by atoms with Crippen LogP contribution in [0.25, 0.3) is 0 Å². The Labute approximate surface area is 110 Å². The minimum Gasteiger partial charge on any atom is -0.396 e. The number of carbonyl (C=O) groups excluding carboxylic acids is 1. The molecule has 0 spiro atoms. The molecule has 6 heteroatoms. The van der Waals surface area contributed by atoms with Gasteiger partial charge < -0.3 is 11.1 Å². The summed E-state index contributed by atoms with van der Waals surface area (Å²) in [6.45, 7) is 5.52. The van der Waals surface area contributed by atoms with Gasteiger partial charge in [0.15, 0.2) is 0 Å². The van der Waals surface area contributed by atoms with Crippen LogP contribution in [-0.2, 0) is 15.6 Å². The number of aromatic nitrogens is 1. The van der Waals surface area contributed by atoms with Crippen LogP contribution in [0.3, 0.4) is 0 Å². The van der Waals surface area contributed by atoms with Crippen LogP contribution in [0.4, 0.5) is 5.69 Å². The molecule has 1 rings (SSSR count). The molecule has 0 bridgehead atoms. The zero-order chi connectivity index (χ0) is 13.7. The molecule has 18 heavy (non-hydrogen) atoms. The molecule has 0 aliphatic carbocycles. The number of nitrogens with two attached hydrogens (primary N) is 1. The highest BCUT2D eigenvalue weighted by atomic mass is 32.2. The van der Waals surface area contributed by atoms with Crippen molar-refractivity contribution in [3.63, 3.8) is 0 Å². The topological polar surface area (TPSA) is 85.1 Å². The van der Waals surface area contributed by atoms with Crippen molar-refractivity contribution in [2.45, 2.75) is 43.4 Å². The van der Waals surface area contributed by atoms with Crippen LogP contribution >= 0.6 is 0 Å². The number of pyridine rings is 1. The van der Waals surface area contributed by atoms with E-state index in [2.05, 4.69) is 10.3 Å². The van der Waals surface area contributed by atoms with Gasteiger partial charge in [-0.25, -0.2) is 0 Å². The highest BCUT2D eigenvalue weighted by Gasteiger charge is 2.23. The van der Waals surface area contributed by atoms with Crippen LogP contribution in [0.1, 0.15) is 27.2 Å². The van der Waals surface area contributed by atoms with Crippen molar-refractivity contribution < 1.29 is 9.00 Å². The summed E-state index contributed by atoms with van der Waals surface area (Å²) in [7, 11) is -1.47. The molecule has 0 aromatic carbocycles. The van der Waals surface area contributed by atoms with E-state index in [9.17, 15) is 9.00 Å². The second-order valence-corrected chi connectivity index (χ2v) is 5.91. The fourth-order valence-electron chi connectivity index (χ4n) is 1.33. The number of nitrogens with one attached hydrogen (secondary N) is 1. The summed E-state index contributed by atoms with van der Waals surface area (Å²) in [5.41, 5.74) is 6.05. The van der Waals surface area contributed by atoms with Gasteiger partial charge >= 0.3 is 0 Å². The number of hydrogen-bond acceptors (Lipinski definition) is 4. The molecule has 0 radical (unpaired) electrons. The average molecular weight is 269 g/mol. The van der Waals surface area contributed by atoms with Gasteiger partial charge in [-0.3, -0.25) is 14.0 Å². The molecule has 0 saturated carbocycles. The van der Waals surface area contributed by atoms with Crippen molar-refractivity contribution in [2.24, 2.45) is 0 Å². The van der Waals surface area contributed by atoms with E-state index in [0.29, 0.717) is 10.6 Å². The Morgan fingerprint density at radius 2 is 2.22 bits per heavy atom. The highest BCUT2D eigenvalue weighted by molar-refractivity contribution is 7.86. The molecule has 1 heterocycles. The number of hydrogen-bond donors (Lipinski definition) is 2. The van der Waals surface area contributed by atoms with Crippen molar-refractivity contribution in [1.82, 2.24) is 10.3 Å². The van der Waals surface area contributed by atoms with Crippen molar-refractivity contribution in [1.29, 1.82) is 0 Å². The molecule has 3 N–H and O–H groups in total. The number of amides is 1. The largest absolute Gasteiger partial charge is 0.396 e. The lowest BCUT2D eigenvalue weighted by molar-refractivity contribution is -0.120. The number of carbonyl (C=O) groups is 1. The maximum absolute atomic E-state index is 12.2. The van der Waals surface area contributed by atoms with Crippen LogP contribution in [0.2, 0.25) is 0 Å². The number of nitrogens with zero attached hydrogens (tertiary/aromatic N) is 1. The van der Waals surface area contributed by atoms with Gasteiger partial charge in [0.2, 0.25) is 5.91 Å². The second kappa shape index (κ2) is 6.49. The first-order valence-corrected chi connectivity index (χ1v) is 7.09. The van der Waals surface area contributed by atoms with Crippen molar-refractivity contribution in [3.05, 3.63) is 18.5 Å². The first-order valence-electron chi connectivity index (χ1n) is 5.87. The first-order chi connectivity index (χ1) is 8.47. The van der Waals surface area contributed by atoms with E-state index in [1.165, 1.54) is 12.4 Å². The van der Waals surface area contributed by atoms with E-state index < -0.39 is 16.0 Å². The van der Waals surface area contributed by atoms with Crippen LogP contribution < -0.4 is 11.1 Å². The smallest absolute Gasteiger partial charge is 0.236 e. The van der Waals surface area contributed by atoms with Crippen molar-refractivity contribution >= 4 is 22.4 Å². The lowest BCUT2D eigenvalue weighted by Crippen LogP contribution is -2.40. The van der Waals surface area contributed by atoms with Gasteiger partial charge in [0.05, 0.1) is 27.6 Å². The second-order valence-electron chi connectivity index (χ2n) is 4.17. The van der Waals surface area contributed by atoms with Crippen LogP contribution in [0.15, 0.2) is 23.4 Å². The van der Waals surface area contributed by atoms with Gasteiger partial charge in [-0.15, -0.1) is 0 Å². The van der Waals surface area contributed by atoms with Gasteiger partial charge in [-0.2, -0.15) is 0 Å². The first kappa shape index (κ1) is 14.6. The van der Waals surface area contributed by atoms with Crippen molar-refractivity contribution in [2.75, 3.05) is 5.73 Å². The average Bonchev–Trinajstić information content (AvgIpc) is 2.37.